The van der Waals surface area contributed by atoms with Crippen molar-refractivity contribution in [2.75, 3.05) is 4.90 Å². The van der Waals surface area contributed by atoms with Crippen LogP contribution in [0.4, 0.5) is 5.82 Å². The van der Waals surface area contributed by atoms with Gasteiger partial charge in [0.2, 0.25) is 0 Å². The fourth-order valence-corrected chi connectivity index (χ4v) is 5.19. The standard InChI is InChI=1S/C17H17N5O2S/c23-17(24)12-5-10-11(19-7-18-10)6-22(12)15-14-9-3-1-2-4-13(9)25-16(14)21-8-20-15/h7-8,12H,1-6H2,(H,18,19)(H,23,24)/t12-/m0/s1. The Morgan fingerprint density at radius 2 is 2.16 bits per heavy atom. The number of nitrogens with zero attached hydrogens (tertiary/aromatic N) is 4. The summed E-state index contributed by atoms with van der Waals surface area (Å²) >= 11 is 1.73. The van der Waals surface area contributed by atoms with Gasteiger partial charge in [-0.1, -0.05) is 0 Å². The molecule has 3 aromatic heterocycles. The third kappa shape index (κ3) is 2.24. The smallest absolute Gasteiger partial charge is 0.326 e. The molecule has 3 aromatic rings. The van der Waals surface area contributed by atoms with Crippen molar-refractivity contribution in [3.63, 3.8) is 0 Å². The number of hydrogen-bond acceptors (Lipinski definition) is 6. The Bertz CT molecular complexity index is 979. The Kier molecular flexibility index (Phi) is 3.27. The van der Waals surface area contributed by atoms with Gasteiger partial charge in [0.05, 0.1) is 29.6 Å². The number of H-pyrrole nitrogens is 1. The molecule has 1 aliphatic carbocycles. The lowest BCUT2D eigenvalue weighted by Crippen LogP contribution is -2.46. The number of hydrogen-bond donors (Lipinski definition) is 2. The monoisotopic (exact) mass is 355 g/mol. The van der Waals surface area contributed by atoms with Crippen molar-refractivity contribution >= 4 is 33.3 Å². The Hall–Kier alpha value is -2.48. The summed E-state index contributed by atoms with van der Waals surface area (Å²) in [6.45, 7) is 0.475. The van der Waals surface area contributed by atoms with E-state index in [2.05, 4.69) is 19.9 Å². The molecule has 0 fully saturated rings. The number of carboxylic acids is 1. The first-order chi connectivity index (χ1) is 12.2. The van der Waals surface area contributed by atoms with Gasteiger partial charge in [-0.2, -0.15) is 0 Å². The van der Waals surface area contributed by atoms with Gasteiger partial charge in [0.25, 0.3) is 0 Å². The first-order valence-corrected chi connectivity index (χ1v) is 9.30. The summed E-state index contributed by atoms with van der Waals surface area (Å²) in [5.41, 5.74) is 3.12. The van der Waals surface area contributed by atoms with E-state index >= 15 is 0 Å². The number of aromatic amines is 1. The second-order valence-electron chi connectivity index (χ2n) is 6.60. The van der Waals surface area contributed by atoms with E-state index in [4.69, 9.17) is 0 Å². The van der Waals surface area contributed by atoms with E-state index in [0.29, 0.717) is 13.0 Å². The highest BCUT2D eigenvalue weighted by Crippen LogP contribution is 2.40. The van der Waals surface area contributed by atoms with E-state index < -0.39 is 12.0 Å². The van der Waals surface area contributed by atoms with Gasteiger partial charge >= 0.3 is 5.97 Å². The molecule has 25 heavy (non-hydrogen) atoms. The van der Waals surface area contributed by atoms with E-state index in [1.807, 2.05) is 4.90 Å². The molecular weight excluding hydrogens is 338 g/mol. The Morgan fingerprint density at radius 1 is 1.28 bits per heavy atom. The molecule has 4 heterocycles. The van der Waals surface area contributed by atoms with Crippen LogP contribution in [-0.2, 0) is 30.6 Å². The maximum absolute atomic E-state index is 11.9. The lowest BCUT2D eigenvalue weighted by Gasteiger charge is -2.33. The molecule has 0 radical (unpaired) electrons. The van der Waals surface area contributed by atoms with Crippen molar-refractivity contribution in [3.05, 3.63) is 34.5 Å². The molecule has 128 valence electrons. The molecule has 0 saturated carbocycles. The fraction of sp³-hybridized carbons (Fsp3) is 0.412. The third-order valence-electron chi connectivity index (χ3n) is 5.19. The Balaban J connectivity index is 1.69. The van der Waals surface area contributed by atoms with Crippen molar-refractivity contribution in [2.45, 2.75) is 44.7 Å². The van der Waals surface area contributed by atoms with Gasteiger partial charge in [0.15, 0.2) is 0 Å². The molecule has 0 unspecified atom stereocenters. The number of anilines is 1. The molecule has 2 N–H and O–H groups in total. The average Bonchev–Trinajstić information content (AvgIpc) is 3.23. The van der Waals surface area contributed by atoms with Gasteiger partial charge in [0.1, 0.15) is 23.0 Å². The van der Waals surface area contributed by atoms with E-state index in [9.17, 15) is 9.90 Å². The predicted molar refractivity (Wildman–Crippen MR) is 94.0 cm³/mol. The first-order valence-electron chi connectivity index (χ1n) is 8.48. The van der Waals surface area contributed by atoms with Crippen molar-refractivity contribution in [1.82, 2.24) is 19.9 Å². The lowest BCUT2D eigenvalue weighted by atomic mass is 9.96. The van der Waals surface area contributed by atoms with Crippen LogP contribution in [-0.4, -0.2) is 37.1 Å². The van der Waals surface area contributed by atoms with Gasteiger partial charge in [-0.3, -0.25) is 0 Å². The zero-order valence-electron chi connectivity index (χ0n) is 13.5. The summed E-state index contributed by atoms with van der Waals surface area (Å²) in [6, 6.07) is -0.659. The highest BCUT2D eigenvalue weighted by molar-refractivity contribution is 7.19. The third-order valence-corrected chi connectivity index (χ3v) is 6.39. The van der Waals surface area contributed by atoms with Crippen LogP contribution in [0, 0.1) is 0 Å². The molecule has 5 rings (SSSR count). The Morgan fingerprint density at radius 3 is 3.04 bits per heavy atom. The van der Waals surface area contributed by atoms with Gasteiger partial charge in [-0.25, -0.2) is 19.7 Å². The number of thiophene rings is 1. The number of carbonyl (C=O) groups is 1. The summed E-state index contributed by atoms with van der Waals surface area (Å²) in [7, 11) is 0. The van der Waals surface area contributed by atoms with Crippen LogP contribution in [0.25, 0.3) is 10.2 Å². The average molecular weight is 355 g/mol. The highest BCUT2D eigenvalue weighted by atomic mass is 32.1. The van der Waals surface area contributed by atoms with Crippen molar-refractivity contribution < 1.29 is 9.90 Å². The number of nitrogens with one attached hydrogen (secondary N) is 1. The minimum Gasteiger partial charge on any atom is -0.480 e. The molecule has 0 bridgehead atoms. The number of rotatable bonds is 2. The van der Waals surface area contributed by atoms with E-state index in [1.54, 1.807) is 24.0 Å². The van der Waals surface area contributed by atoms with E-state index in [0.717, 1.165) is 40.3 Å². The zero-order valence-corrected chi connectivity index (χ0v) is 14.3. The first kappa shape index (κ1) is 14.8. The number of carboxylic acid groups (broad SMARTS) is 1. The quantitative estimate of drug-likeness (QED) is 0.732. The molecule has 1 atom stereocenters. The lowest BCUT2D eigenvalue weighted by molar-refractivity contribution is -0.138. The van der Waals surface area contributed by atoms with Crippen molar-refractivity contribution in [3.8, 4) is 0 Å². The van der Waals surface area contributed by atoms with Crippen LogP contribution in [0.2, 0.25) is 0 Å². The van der Waals surface area contributed by atoms with Gasteiger partial charge in [-0.05, 0) is 31.2 Å². The van der Waals surface area contributed by atoms with E-state index in [1.165, 1.54) is 23.3 Å². The number of aromatic nitrogens is 4. The summed E-state index contributed by atoms with van der Waals surface area (Å²) in [6.07, 6.45) is 8.06. The highest BCUT2D eigenvalue weighted by Gasteiger charge is 2.35. The molecule has 0 amide bonds. The molecule has 0 saturated heterocycles. The second-order valence-corrected chi connectivity index (χ2v) is 7.69. The van der Waals surface area contributed by atoms with Crippen LogP contribution < -0.4 is 4.90 Å². The molecule has 8 heteroatoms. The number of imidazole rings is 1. The van der Waals surface area contributed by atoms with Gasteiger partial charge < -0.3 is 15.0 Å². The van der Waals surface area contributed by atoms with Gasteiger partial charge in [-0.15, -0.1) is 11.3 Å². The second kappa shape index (κ2) is 5.52. The topological polar surface area (TPSA) is 95.0 Å². The van der Waals surface area contributed by atoms with Crippen LogP contribution in [0.1, 0.15) is 34.7 Å². The summed E-state index contributed by atoms with van der Waals surface area (Å²) in [5, 5.41) is 10.8. The molecule has 7 nitrogen and oxygen atoms in total. The van der Waals surface area contributed by atoms with Crippen LogP contribution in [0.5, 0.6) is 0 Å². The van der Waals surface area contributed by atoms with Crippen molar-refractivity contribution in [2.24, 2.45) is 0 Å². The van der Waals surface area contributed by atoms with E-state index in [-0.39, 0.29) is 0 Å². The Labute approximate surface area is 147 Å². The summed E-state index contributed by atoms with van der Waals surface area (Å²) in [4.78, 5) is 32.5. The summed E-state index contributed by atoms with van der Waals surface area (Å²) < 4.78 is 0. The molecular formula is C17H17N5O2S. The molecule has 0 spiro atoms. The zero-order chi connectivity index (χ0) is 17.0. The number of fused-ring (bicyclic) bond motifs is 4. The number of aryl methyl sites for hydroxylation is 2. The molecule has 0 aromatic carbocycles. The van der Waals surface area contributed by atoms with Gasteiger partial charge in [0, 0.05) is 11.3 Å². The maximum Gasteiger partial charge on any atom is 0.326 e. The largest absolute Gasteiger partial charge is 0.480 e. The van der Waals surface area contributed by atoms with Crippen molar-refractivity contribution in [1.29, 1.82) is 0 Å². The normalized spacial score (nSPS) is 19.7. The minimum atomic E-state index is -0.843. The predicted octanol–water partition coefficient (Wildman–Crippen LogP) is 2.31. The van der Waals surface area contributed by atoms with Crippen LogP contribution in [0.3, 0.4) is 0 Å². The number of aliphatic carboxylic acids is 1. The van der Waals surface area contributed by atoms with Crippen LogP contribution >= 0.6 is 11.3 Å². The maximum atomic E-state index is 11.9. The molecule has 1 aliphatic heterocycles. The molecule has 2 aliphatic rings. The minimum absolute atomic E-state index is 0.381. The SMILES string of the molecule is O=C(O)[C@@H]1Cc2nc[nH]c2CN1c1ncnc2sc3c(c12)CCCC3. The van der Waals surface area contributed by atoms with Crippen LogP contribution in [0.15, 0.2) is 12.7 Å². The fourth-order valence-electron chi connectivity index (χ4n) is 3.97. The summed E-state index contributed by atoms with van der Waals surface area (Å²) in [5.74, 6) is -0.0958.